The van der Waals surface area contributed by atoms with E-state index in [1.807, 2.05) is 0 Å². The van der Waals surface area contributed by atoms with Gasteiger partial charge in [-0.1, -0.05) is 27.5 Å². The zero-order valence-corrected chi connectivity index (χ0v) is 20.3. The van der Waals surface area contributed by atoms with Crippen LogP contribution in [0.4, 0.5) is 10.5 Å². The molecule has 2 aromatic rings. The maximum Gasteiger partial charge on any atom is 0.339 e. The van der Waals surface area contributed by atoms with Crippen LogP contribution in [0.2, 0.25) is 5.02 Å². The predicted molar refractivity (Wildman–Crippen MR) is 126 cm³/mol. The molecular weight excluding hydrogens is 540 g/mol. The highest BCUT2D eigenvalue weighted by atomic mass is 79.9. The Morgan fingerprint density at radius 3 is 2.64 bits per heavy atom. The maximum atomic E-state index is 12.7. The largest absolute Gasteiger partial charge is 0.504 e. The molecule has 0 aromatic heterocycles. The normalized spacial score (nSPS) is 14.5. The Kier molecular flexibility index (Phi) is 7.67. The van der Waals surface area contributed by atoms with Crippen molar-refractivity contribution in [1.82, 2.24) is 4.90 Å². The van der Waals surface area contributed by atoms with Crippen LogP contribution >= 0.6 is 39.3 Å². The number of esters is 1. The van der Waals surface area contributed by atoms with Crippen molar-refractivity contribution in [2.75, 3.05) is 26.1 Å². The summed E-state index contributed by atoms with van der Waals surface area (Å²) in [7, 11) is 2.58. The number of rotatable bonds is 6. The van der Waals surface area contributed by atoms with Gasteiger partial charge in [0.2, 0.25) is 5.91 Å². The molecule has 0 bridgehead atoms. The lowest BCUT2D eigenvalue weighted by molar-refractivity contribution is -0.127. The Morgan fingerprint density at radius 2 is 1.97 bits per heavy atom. The van der Waals surface area contributed by atoms with Crippen LogP contribution in [-0.2, 0) is 14.3 Å². The number of anilines is 1. The van der Waals surface area contributed by atoms with Crippen LogP contribution in [0.5, 0.6) is 11.5 Å². The molecule has 172 valence electrons. The molecule has 12 heteroatoms. The topological polar surface area (TPSA) is 122 Å². The lowest BCUT2D eigenvalue weighted by Gasteiger charge is -2.13. The van der Waals surface area contributed by atoms with Gasteiger partial charge in [0, 0.05) is 10.2 Å². The summed E-state index contributed by atoms with van der Waals surface area (Å²) in [5, 5.41) is 11.9. The van der Waals surface area contributed by atoms with Crippen LogP contribution in [0.1, 0.15) is 15.9 Å². The first-order valence-electron chi connectivity index (χ1n) is 9.14. The van der Waals surface area contributed by atoms with Gasteiger partial charge in [0.25, 0.3) is 11.1 Å². The fourth-order valence-corrected chi connectivity index (χ4v) is 4.29. The minimum Gasteiger partial charge on any atom is -0.504 e. The number of aromatic hydroxyl groups is 1. The summed E-state index contributed by atoms with van der Waals surface area (Å²) in [4.78, 5) is 50.2. The highest BCUT2D eigenvalue weighted by Crippen LogP contribution is 2.37. The average Bonchev–Trinajstić information content (AvgIpc) is 3.03. The Hall–Kier alpha value is -3.02. The number of hydrogen-bond donors (Lipinski definition) is 2. The van der Waals surface area contributed by atoms with Crippen LogP contribution in [0, 0.1) is 0 Å². The monoisotopic (exact) mass is 554 g/mol. The summed E-state index contributed by atoms with van der Waals surface area (Å²) < 4.78 is 10.2. The van der Waals surface area contributed by atoms with Crippen LogP contribution < -0.4 is 10.1 Å². The van der Waals surface area contributed by atoms with E-state index in [0.717, 1.165) is 4.90 Å². The number of carbonyl (C=O) groups is 4. The number of amides is 3. The van der Waals surface area contributed by atoms with Crippen molar-refractivity contribution in [2.45, 2.75) is 0 Å². The van der Waals surface area contributed by atoms with Gasteiger partial charge in [0.15, 0.2) is 11.5 Å². The Balaban J connectivity index is 1.75. The third-order valence-corrected chi connectivity index (χ3v) is 6.34. The molecule has 1 aliphatic rings. The zero-order chi connectivity index (χ0) is 24.3. The Morgan fingerprint density at radius 1 is 1.24 bits per heavy atom. The number of imide groups is 1. The van der Waals surface area contributed by atoms with Crippen molar-refractivity contribution in [2.24, 2.45) is 0 Å². The van der Waals surface area contributed by atoms with Gasteiger partial charge in [-0.2, -0.15) is 0 Å². The van der Waals surface area contributed by atoms with E-state index < -0.39 is 29.6 Å². The molecule has 3 amide bonds. The number of benzene rings is 2. The summed E-state index contributed by atoms with van der Waals surface area (Å²) in [6.07, 6.45) is 1.46. The van der Waals surface area contributed by atoms with Crippen molar-refractivity contribution in [3.8, 4) is 11.5 Å². The number of nitrogens with one attached hydrogen (secondary N) is 1. The molecule has 1 heterocycles. The molecular formula is C21H16BrClN2O7S. The molecule has 2 aromatic carbocycles. The summed E-state index contributed by atoms with van der Waals surface area (Å²) in [5.41, 5.74) is 0.796. The van der Waals surface area contributed by atoms with E-state index in [9.17, 15) is 24.3 Å². The fourth-order valence-electron chi connectivity index (χ4n) is 2.82. The van der Waals surface area contributed by atoms with E-state index in [4.69, 9.17) is 16.3 Å². The van der Waals surface area contributed by atoms with E-state index in [1.165, 1.54) is 50.6 Å². The number of hydrogen-bond acceptors (Lipinski definition) is 8. The number of phenols is 1. The predicted octanol–water partition coefficient (Wildman–Crippen LogP) is 4.28. The van der Waals surface area contributed by atoms with Crippen LogP contribution in [0.3, 0.4) is 0 Å². The number of methoxy groups -OCH3 is 2. The minimum absolute atomic E-state index is 0.0565. The van der Waals surface area contributed by atoms with Gasteiger partial charge in [-0.25, -0.2) is 4.79 Å². The molecule has 1 fully saturated rings. The van der Waals surface area contributed by atoms with Crippen molar-refractivity contribution in [1.29, 1.82) is 0 Å². The van der Waals surface area contributed by atoms with Crippen LogP contribution in [0.25, 0.3) is 6.08 Å². The van der Waals surface area contributed by atoms with E-state index in [1.54, 1.807) is 0 Å². The first kappa shape index (κ1) is 24.6. The molecule has 0 saturated carbocycles. The van der Waals surface area contributed by atoms with Crippen LogP contribution in [0.15, 0.2) is 39.7 Å². The molecule has 0 unspecified atom stereocenters. The summed E-state index contributed by atoms with van der Waals surface area (Å²) in [5.74, 6) is -1.87. The van der Waals surface area contributed by atoms with Crippen LogP contribution in [-0.4, -0.2) is 53.8 Å². The number of phenolic OH excluding ortho intramolecular Hbond substituents is 1. The number of thioether (sulfide) groups is 1. The first-order valence-corrected chi connectivity index (χ1v) is 11.1. The van der Waals surface area contributed by atoms with Crippen molar-refractivity contribution in [3.05, 3.63) is 55.9 Å². The maximum absolute atomic E-state index is 12.7. The molecule has 1 aliphatic heterocycles. The molecule has 33 heavy (non-hydrogen) atoms. The van der Waals surface area contributed by atoms with Gasteiger partial charge in [0.1, 0.15) is 6.54 Å². The van der Waals surface area contributed by atoms with E-state index in [-0.39, 0.29) is 32.7 Å². The highest BCUT2D eigenvalue weighted by molar-refractivity contribution is 9.10. The van der Waals surface area contributed by atoms with Gasteiger partial charge in [-0.3, -0.25) is 19.3 Å². The standard InChI is InChI=1S/C21H16BrClN2O7S/c1-31-16-5-10(13(22)8-15(16)26)6-17-19(28)25(21(30)33-17)9-18(27)24-11-3-4-14(23)12(7-11)20(29)32-2/h3-8,26H,9H2,1-2H3,(H,24,27)/b17-6-. The molecule has 0 aliphatic carbocycles. The number of carbonyl (C=O) groups excluding carboxylic acids is 4. The molecule has 1 saturated heterocycles. The number of halogens is 2. The quantitative estimate of drug-likeness (QED) is 0.400. The lowest BCUT2D eigenvalue weighted by atomic mass is 10.2. The van der Waals surface area contributed by atoms with Gasteiger partial charge in [-0.05, 0) is 53.7 Å². The summed E-state index contributed by atoms with van der Waals surface area (Å²) in [6.45, 7) is -0.530. The SMILES string of the molecule is COC(=O)c1cc(NC(=O)CN2C(=O)S/C(=C\c3cc(OC)c(O)cc3Br)C2=O)ccc1Cl. The molecule has 3 rings (SSSR count). The second-order valence-electron chi connectivity index (χ2n) is 6.55. The summed E-state index contributed by atoms with van der Waals surface area (Å²) >= 11 is 9.92. The first-order chi connectivity index (χ1) is 15.6. The number of nitrogens with zero attached hydrogens (tertiary/aromatic N) is 1. The Labute approximate surface area is 205 Å². The van der Waals surface area contributed by atoms with Crippen molar-refractivity contribution >= 4 is 74.1 Å². The van der Waals surface area contributed by atoms with E-state index in [0.29, 0.717) is 21.8 Å². The molecule has 0 atom stereocenters. The Bertz CT molecular complexity index is 1200. The highest BCUT2D eigenvalue weighted by Gasteiger charge is 2.36. The van der Waals surface area contributed by atoms with Crippen molar-refractivity contribution < 1.29 is 33.8 Å². The lowest BCUT2D eigenvalue weighted by Crippen LogP contribution is -2.36. The van der Waals surface area contributed by atoms with Crippen molar-refractivity contribution in [3.63, 3.8) is 0 Å². The minimum atomic E-state index is -0.677. The second-order valence-corrected chi connectivity index (χ2v) is 8.80. The van der Waals surface area contributed by atoms with Gasteiger partial charge >= 0.3 is 5.97 Å². The van der Waals surface area contributed by atoms with Gasteiger partial charge < -0.3 is 19.9 Å². The third-order valence-electron chi connectivity index (χ3n) is 4.42. The van der Waals surface area contributed by atoms with E-state index >= 15 is 0 Å². The van der Waals surface area contributed by atoms with Gasteiger partial charge in [0.05, 0.1) is 29.7 Å². The zero-order valence-electron chi connectivity index (χ0n) is 17.2. The average molecular weight is 556 g/mol. The fraction of sp³-hybridized carbons (Fsp3) is 0.143. The second kappa shape index (κ2) is 10.3. The third kappa shape index (κ3) is 5.49. The molecule has 9 nitrogen and oxygen atoms in total. The molecule has 2 N–H and O–H groups in total. The van der Waals surface area contributed by atoms with E-state index in [2.05, 4.69) is 26.0 Å². The smallest absolute Gasteiger partial charge is 0.339 e. The molecule has 0 radical (unpaired) electrons. The van der Waals surface area contributed by atoms with Gasteiger partial charge in [-0.15, -0.1) is 0 Å². The summed E-state index contributed by atoms with van der Waals surface area (Å²) in [6, 6.07) is 7.11. The number of ether oxygens (including phenoxy) is 2. The molecule has 0 spiro atoms.